The van der Waals surface area contributed by atoms with Crippen LogP contribution in [0.3, 0.4) is 0 Å². The highest BCUT2D eigenvalue weighted by Crippen LogP contribution is 2.15. The fraction of sp³-hybridized carbons (Fsp3) is 0.350. The Bertz CT molecular complexity index is 919. The molecule has 1 saturated heterocycles. The first kappa shape index (κ1) is 16.7. The lowest BCUT2D eigenvalue weighted by Crippen LogP contribution is -2.35. The molecule has 3 heterocycles. The average Bonchev–Trinajstić information content (AvgIpc) is 2.93. The summed E-state index contributed by atoms with van der Waals surface area (Å²) in [5.41, 5.74) is 1.39. The predicted octanol–water partition coefficient (Wildman–Crippen LogP) is 2.32. The summed E-state index contributed by atoms with van der Waals surface area (Å²) in [4.78, 5) is 26.1. The van der Waals surface area contributed by atoms with Gasteiger partial charge in [0.05, 0.1) is 12.1 Å². The van der Waals surface area contributed by atoms with Crippen molar-refractivity contribution in [3.05, 3.63) is 60.3 Å². The topological polar surface area (TPSA) is 54.3 Å². The maximum atomic E-state index is 12.9. The molecule has 0 aliphatic carbocycles. The Morgan fingerprint density at radius 3 is 2.81 bits per heavy atom. The number of rotatable bonds is 3. The van der Waals surface area contributed by atoms with Crippen LogP contribution in [0.2, 0.25) is 0 Å². The number of aromatic nitrogens is 3. The number of hydrogen-bond donors (Lipinski definition) is 0. The molecule has 0 spiro atoms. The number of imidazole rings is 1. The summed E-state index contributed by atoms with van der Waals surface area (Å²) in [5, 5.41) is 1.06. The standard InChI is InChI=1S/C20H23N5O/c1-23-12-9-21-19(23)15-24-10-4-11-25(14-13-24)20(26)18-8-7-16-5-2-3-6-17(16)22-18/h2-3,5-9,12H,4,10-11,13-15H2,1H3. The zero-order valence-corrected chi connectivity index (χ0v) is 15.0. The molecule has 6 nitrogen and oxygen atoms in total. The highest BCUT2D eigenvalue weighted by Gasteiger charge is 2.22. The van der Waals surface area contributed by atoms with Gasteiger partial charge in [0.1, 0.15) is 11.5 Å². The van der Waals surface area contributed by atoms with Gasteiger partial charge in [0.15, 0.2) is 0 Å². The minimum atomic E-state index is 0.0228. The first-order valence-electron chi connectivity index (χ1n) is 9.04. The van der Waals surface area contributed by atoms with E-state index in [-0.39, 0.29) is 5.91 Å². The lowest BCUT2D eigenvalue weighted by atomic mass is 10.2. The van der Waals surface area contributed by atoms with E-state index < -0.39 is 0 Å². The van der Waals surface area contributed by atoms with Crippen LogP contribution in [0, 0.1) is 0 Å². The number of benzene rings is 1. The van der Waals surface area contributed by atoms with Crippen LogP contribution in [-0.2, 0) is 13.6 Å². The van der Waals surface area contributed by atoms with Crippen molar-refractivity contribution < 1.29 is 4.79 Å². The van der Waals surface area contributed by atoms with Crippen molar-refractivity contribution in [1.82, 2.24) is 24.3 Å². The second kappa shape index (κ2) is 7.25. The Morgan fingerprint density at radius 1 is 1.08 bits per heavy atom. The molecule has 6 heteroatoms. The van der Waals surface area contributed by atoms with Gasteiger partial charge in [0, 0.05) is 51.0 Å². The minimum Gasteiger partial charge on any atom is -0.337 e. The molecule has 4 rings (SSSR count). The molecule has 0 N–H and O–H groups in total. The molecule has 3 aromatic rings. The largest absolute Gasteiger partial charge is 0.337 e. The Hall–Kier alpha value is -2.73. The molecule has 1 fully saturated rings. The second-order valence-electron chi connectivity index (χ2n) is 6.77. The minimum absolute atomic E-state index is 0.0228. The van der Waals surface area contributed by atoms with Crippen LogP contribution in [0.4, 0.5) is 0 Å². The number of pyridine rings is 1. The van der Waals surface area contributed by atoms with Crippen molar-refractivity contribution in [3.63, 3.8) is 0 Å². The summed E-state index contributed by atoms with van der Waals surface area (Å²) < 4.78 is 2.05. The van der Waals surface area contributed by atoms with Crippen LogP contribution < -0.4 is 0 Å². The molecule has 0 unspecified atom stereocenters. The summed E-state index contributed by atoms with van der Waals surface area (Å²) in [6, 6.07) is 11.7. The number of aryl methyl sites for hydroxylation is 1. The van der Waals surface area contributed by atoms with E-state index in [0.717, 1.165) is 55.9 Å². The van der Waals surface area contributed by atoms with E-state index in [1.54, 1.807) is 0 Å². The maximum absolute atomic E-state index is 12.9. The van der Waals surface area contributed by atoms with Gasteiger partial charge in [0.25, 0.3) is 5.91 Å². The number of fused-ring (bicyclic) bond motifs is 1. The van der Waals surface area contributed by atoms with Gasteiger partial charge >= 0.3 is 0 Å². The van der Waals surface area contributed by atoms with Gasteiger partial charge in [0.2, 0.25) is 0 Å². The zero-order chi connectivity index (χ0) is 17.9. The SMILES string of the molecule is Cn1ccnc1CN1CCCN(C(=O)c2ccc3ccccc3n2)CC1. The van der Waals surface area contributed by atoms with Gasteiger partial charge in [-0.15, -0.1) is 0 Å². The van der Waals surface area contributed by atoms with E-state index in [4.69, 9.17) is 0 Å². The van der Waals surface area contributed by atoms with Gasteiger partial charge in [-0.2, -0.15) is 0 Å². The smallest absolute Gasteiger partial charge is 0.272 e. The highest BCUT2D eigenvalue weighted by atomic mass is 16.2. The molecule has 1 aliphatic rings. The van der Waals surface area contributed by atoms with Crippen LogP contribution in [-0.4, -0.2) is 56.4 Å². The van der Waals surface area contributed by atoms with E-state index in [9.17, 15) is 4.79 Å². The summed E-state index contributed by atoms with van der Waals surface area (Å²) in [7, 11) is 2.02. The van der Waals surface area contributed by atoms with E-state index in [1.807, 2.05) is 65.3 Å². The molecule has 1 aromatic carbocycles. The molecule has 1 aliphatic heterocycles. The number of para-hydroxylation sites is 1. The molecule has 134 valence electrons. The van der Waals surface area contributed by atoms with Gasteiger partial charge in [-0.3, -0.25) is 9.69 Å². The van der Waals surface area contributed by atoms with Crippen LogP contribution >= 0.6 is 0 Å². The quantitative estimate of drug-likeness (QED) is 0.728. The van der Waals surface area contributed by atoms with Crippen LogP contribution in [0.25, 0.3) is 10.9 Å². The summed E-state index contributed by atoms with van der Waals surface area (Å²) in [6.45, 7) is 4.13. The van der Waals surface area contributed by atoms with E-state index in [0.29, 0.717) is 5.69 Å². The number of nitrogens with zero attached hydrogens (tertiary/aromatic N) is 5. The van der Waals surface area contributed by atoms with Crippen molar-refractivity contribution in [2.75, 3.05) is 26.2 Å². The van der Waals surface area contributed by atoms with Crippen molar-refractivity contribution in [1.29, 1.82) is 0 Å². The summed E-state index contributed by atoms with van der Waals surface area (Å²) in [5.74, 6) is 1.08. The fourth-order valence-electron chi connectivity index (χ4n) is 3.43. The first-order chi connectivity index (χ1) is 12.7. The third-order valence-corrected chi connectivity index (χ3v) is 4.98. The molecule has 0 radical (unpaired) electrons. The van der Waals surface area contributed by atoms with E-state index in [1.165, 1.54) is 0 Å². The van der Waals surface area contributed by atoms with Gasteiger partial charge in [-0.25, -0.2) is 9.97 Å². The van der Waals surface area contributed by atoms with Crippen LogP contribution in [0.15, 0.2) is 48.8 Å². The van der Waals surface area contributed by atoms with Crippen molar-refractivity contribution >= 4 is 16.8 Å². The van der Waals surface area contributed by atoms with Crippen LogP contribution in [0.5, 0.6) is 0 Å². The highest BCUT2D eigenvalue weighted by molar-refractivity contribution is 5.94. The lowest BCUT2D eigenvalue weighted by molar-refractivity contribution is 0.0755. The van der Waals surface area contributed by atoms with Crippen molar-refractivity contribution in [2.45, 2.75) is 13.0 Å². The van der Waals surface area contributed by atoms with E-state index in [2.05, 4.69) is 14.9 Å². The molecule has 2 aromatic heterocycles. The predicted molar refractivity (Wildman–Crippen MR) is 101 cm³/mol. The Kier molecular flexibility index (Phi) is 4.67. The Balaban J connectivity index is 1.44. The molecular formula is C20H23N5O. The molecule has 0 bridgehead atoms. The third kappa shape index (κ3) is 3.46. The van der Waals surface area contributed by atoms with Crippen LogP contribution in [0.1, 0.15) is 22.7 Å². The number of amides is 1. The molecule has 1 amide bonds. The normalized spacial score (nSPS) is 16.0. The molecular weight excluding hydrogens is 326 g/mol. The summed E-state index contributed by atoms with van der Waals surface area (Å²) in [6.07, 6.45) is 4.76. The summed E-state index contributed by atoms with van der Waals surface area (Å²) >= 11 is 0. The number of carbonyl (C=O) groups is 1. The molecule has 0 atom stereocenters. The zero-order valence-electron chi connectivity index (χ0n) is 15.0. The Morgan fingerprint density at radius 2 is 1.96 bits per heavy atom. The lowest BCUT2D eigenvalue weighted by Gasteiger charge is -2.21. The third-order valence-electron chi connectivity index (χ3n) is 4.98. The first-order valence-corrected chi connectivity index (χ1v) is 9.04. The van der Waals surface area contributed by atoms with Gasteiger partial charge in [-0.1, -0.05) is 24.3 Å². The molecule has 0 saturated carbocycles. The fourth-order valence-corrected chi connectivity index (χ4v) is 3.43. The average molecular weight is 349 g/mol. The number of carbonyl (C=O) groups excluding carboxylic acids is 1. The van der Waals surface area contributed by atoms with Gasteiger partial charge in [-0.05, 0) is 18.6 Å². The van der Waals surface area contributed by atoms with Crippen molar-refractivity contribution in [3.8, 4) is 0 Å². The number of hydrogen-bond acceptors (Lipinski definition) is 4. The Labute approximate surface area is 153 Å². The monoisotopic (exact) mass is 349 g/mol. The maximum Gasteiger partial charge on any atom is 0.272 e. The molecule has 26 heavy (non-hydrogen) atoms. The van der Waals surface area contributed by atoms with Gasteiger partial charge < -0.3 is 9.47 Å². The van der Waals surface area contributed by atoms with E-state index >= 15 is 0 Å². The van der Waals surface area contributed by atoms with Crippen molar-refractivity contribution in [2.24, 2.45) is 7.05 Å². The second-order valence-corrected chi connectivity index (χ2v) is 6.77.